The first-order chi connectivity index (χ1) is 14.3. The average Bonchev–Trinajstić information content (AvgIpc) is 2.80. The van der Waals surface area contributed by atoms with Crippen LogP contribution in [0, 0.1) is 0 Å². The third-order valence-corrected chi connectivity index (χ3v) is 5.29. The zero-order valence-corrected chi connectivity index (χ0v) is 17.1. The molecule has 0 N–H and O–H groups in total. The highest BCUT2D eigenvalue weighted by Crippen LogP contribution is 2.38. The van der Waals surface area contributed by atoms with E-state index in [2.05, 4.69) is 86.6 Å². The molecular weight excluding hydrogens is 352 g/mol. The van der Waals surface area contributed by atoms with E-state index in [0.29, 0.717) is 0 Å². The molecule has 4 rings (SSSR count). The van der Waals surface area contributed by atoms with E-state index in [4.69, 9.17) is 4.74 Å². The molecule has 0 spiro atoms. The summed E-state index contributed by atoms with van der Waals surface area (Å²) in [6.07, 6.45) is 2.04. The Morgan fingerprint density at radius 3 is 1.41 bits per heavy atom. The molecule has 0 amide bonds. The van der Waals surface area contributed by atoms with Gasteiger partial charge in [0.05, 0.1) is 0 Å². The van der Waals surface area contributed by atoms with Gasteiger partial charge in [0.2, 0.25) is 0 Å². The fraction of sp³-hybridized carbons (Fsp3) is 0.143. The summed E-state index contributed by atoms with van der Waals surface area (Å²) in [7, 11) is 0. The Morgan fingerprint density at radius 2 is 0.966 bits per heavy atom. The molecule has 0 unspecified atom stereocenters. The largest absolute Gasteiger partial charge is 0.456 e. The lowest BCUT2D eigenvalue weighted by atomic mass is 10.0. The maximum Gasteiger partial charge on any atom is 0.135 e. The van der Waals surface area contributed by atoms with Crippen LogP contribution in [0.25, 0.3) is 22.3 Å². The van der Waals surface area contributed by atoms with Crippen molar-refractivity contribution in [2.24, 2.45) is 0 Å². The van der Waals surface area contributed by atoms with Crippen LogP contribution in [-0.4, -0.2) is 0 Å². The minimum absolute atomic E-state index is 0.875. The maximum absolute atomic E-state index is 6.50. The number of hydrogen-bond acceptors (Lipinski definition) is 1. The Kier molecular flexibility index (Phi) is 5.76. The lowest BCUT2D eigenvalue weighted by molar-refractivity contribution is 0.486. The molecular formula is C28H26O. The normalized spacial score (nSPS) is 10.7. The monoisotopic (exact) mass is 378 g/mol. The van der Waals surface area contributed by atoms with Gasteiger partial charge in [-0.3, -0.25) is 0 Å². The van der Waals surface area contributed by atoms with Crippen molar-refractivity contribution < 1.29 is 4.74 Å². The van der Waals surface area contributed by atoms with Crippen molar-refractivity contribution in [3.05, 3.63) is 108 Å². The summed E-state index contributed by atoms with van der Waals surface area (Å²) >= 11 is 0. The van der Waals surface area contributed by atoms with E-state index in [-0.39, 0.29) is 0 Å². The Balaban J connectivity index is 1.75. The lowest BCUT2D eigenvalue weighted by Crippen LogP contribution is -1.92. The quantitative estimate of drug-likeness (QED) is 0.331. The van der Waals surface area contributed by atoms with Gasteiger partial charge in [0, 0.05) is 11.1 Å². The molecule has 0 aliphatic heterocycles. The Labute approximate surface area is 173 Å². The number of aryl methyl sites for hydroxylation is 2. The van der Waals surface area contributed by atoms with Gasteiger partial charge in [0.15, 0.2) is 0 Å². The van der Waals surface area contributed by atoms with Crippen LogP contribution in [0.5, 0.6) is 11.5 Å². The van der Waals surface area contributed by atoms with Crippen molar-refractivity contribution in [2.45, 2.75) is 26.7 Å². The van der Waals surface area contributed by atoms with Gasteiger partial charge in [-0.25, -0.2) is 0 Å². The summed E-state index contributed by atoms with van der Waals surface area (Å²) in [6.45, 7) is 4.37. The number of para-hydroxylation sites is 2. The highest BCUT2D eigenvalue weighted by molar-refractivity contribution is 5.74. The molecule has 0 atom stereocenters. The zero-order chi connectivity index (χ0) is 20.1. The molecule has 144 valence electrons. The Morgan fingerprint density at radius 1 is 0.517 bits per heavy atom. The lowest BCUT2D eigenvalue weighted by Gasteiger charge is -2.15. The Hall–Kier alpha value is -3.32. The molecule has 0 radical (unpaired) electrons. The SMILES string of the molecule is CCc1cccc(-c2ccccc2Oc2ccccc2-c2cccc(CC)c2)c1. The molecule has 0 aliphatic carbocycles. The van der Waals surface area contributed by atoms with E-state index in [1.165, 1.54) is 22.3 Å². The van der Waals surface area contributed by atoms with Crippen LogP contribution >= 0.6 is 0 Å². The summed E-state index contributed by atoms with van der Waals surface area (Å²) in [5.41, 5.74) is 7.25. The molecule has 0 saturated heterocycles. The summed E-state index contributed by atoms with van der Waals surface area (Å²) in [5.74, 6) is 1.75. The summed E-state index contributed by atoms with van der Waals surface area (Å²) < 4.78 is 6.50. The third kappa shape index (κ3) is 4.25. The van der Waals surface area contributed by atoms with Crippen LogP contribution in [0.1, 0.15) is 25.0 Å². The van der Waals surface area contributed by atoms with Crippen molar-refractivity contribution >= 4 is 0 Å². The zero-order valence-electron chi connectivity index (χ0n) is 17.1. The Bertz CT molecular complexity index is 1020. The topological polar surface area (TPSA) is 9.23 Å². The van der Waals surface area contributed by atoms with Crippen LogP contribution < -0.4 is 4.74 Å². The van der Waals surface area contributed by atoms with E-state index in [1.54, 1.807) is 0 Å². The van der Waals surface area contributed by atoms with Crippen LogP contribution in [0.4, 0.5) is 0 Å². The van der Waals surface area contributed by atoms with Crippen molar-refractivity contribution in [1.82, 2.24) is 0 Å². The van der Waals surface area contributed by atoms with Crippen molar-refractivity contribution in [2.75, 3.05) is 0 Å². The minimum atomic E-state index is 0.875. The van der Waals surface area contributed by atoms with Gasteiger partial charge >= 0.3 is 0 Å². The summed E-state index contributed by atoms with van der Waals surface area (Å²) in [4.78, 5) is 0. The first-order valence-electron chi connectivity index (χ1n) is 10.3. The first kappa shape index (κ1) is 19.0. The van der Waals surface area contributed by atoms with Crippen LogP contribution in [-0.2, 0) is 12.8 Å². The highest BCUT2D eigenvalue weighted by Gasteiger charge is 2.11. The summed E-state index contributed by atoms with van der Waals surface area (Å²) in [5, 5.41) is 0. The molecule has 4 aromatic carbocycles. The van der Waals surface area contributed by atoms with E-state index >= 15 is 0 Å². The molecule has 0 fully saturated rings. The van der Waals surface area contributed by atoms with Gasteiger partial charge in [-0.1, -0.05) is 98.8 Å². The van der Waals surface area contributed by atoms with E-state index < -0.39 is 0 Å². The van der Waals surface area contributed by atoms with Crippen molar-refractivity contribution in [3.63, 3.8) is 0 Å². The van der Waals surface area contributed by atoms with Gasteiger partial charge in [0.1, 0.15) is 11.5 Å². The smallest absolute Gasteiger partial charge is 0.135 e. The van der Waals surface area contributed by atoms with E-state index in [0.717, 1.165) is 35.5 Å². The predicted molar refractivity (Wildman–Crippen MR) is 123 cm³/mol. The van der Waals surface area contributed by atoms with Gasteiger partial charge in [-0.2, -0.15) is 0 Å². The maximum atomic E-state index is 6.50. The minimum Gasteiger partial charge on any atom is -0.456 e. The third-order valence-electron chi connectivity index (χ3n) is 5.29. The fourth-order valence-electron chi connectivity index (χ4n) is 3.62. The fourth-order valence-corrected chi connectivity index (χ4v) is 3.62. The van der Waals surface area contributed by atoms with Crippen LogP contribution in [0.2, 0.25) is 0 Å². The van der Waals surface area contributed by atoms with Gasteiger partial charge in [-0.15, -0.1) is 0 Å². The second kappa shape index (κ2) is 8.79. The van der Waals surface area contributed by atoms with Crippen molar-refractivity contribution in [3.8, 4) is 33.8 Å². The molecule has 0 saturated carbocycles. The number of ether oxygens (including phenoxy) is 1. The standard InChI is InChI=1S/C28H26O/c1-3-21-11-9-13-23(19-21)25-15-5-7-17-27(25)29-28-18-8-6-16-26(28)24-14-10-12-22(4-2)20-24/h5-20H,3-4H2,1-2H3. The second-order valence-electron chi connectivity index (χ2n) is 7.20. The van der Waals surface area contributed by atoms with E-state index in [1.807, 2.05) is 24.3 Å². The van der Waals surface area contributed by atoms with Crippen LogP contribution in [0.3, 0.4) is 0 Å². The average molecular weight is 379 g/mol. The van der Waals surface area contributed by atoms with Gasteiger partial charge in [-0.05, 0) is 47.2 Å². The van der Waals surface area contributed by atoms with Gasteiger partial charge in [0.25, 0.3) is 0 Å². The number of hydrogen-bond donors (Lipinski definition) is 0. The number of rotatable bonds is 6. The molecule has 0 heterocycles. The molecule has 0 aromatic heterocycles. The van der Waals surface area contributed by atoms with Gasteiger partial charge < -0.3 is 4.74 Å². The molecule has 29 heavy (non-hydrogen) atoms. The summed E-state index contributed by atoms with van der Waals surface area (Å²) in [6, 6.07) is 33.9. The molecule has 0 aliphatic rings. The molecule has 1 nitrogen and oxygen atoms in total. The van der Waals surface area contributed by atoms with Crippen LogP contribution in [0.15, 0.2) is 97.1 Å². The molecule has 1 heteroatoms. The predicted octanol–water partition coefficient (Wildman–Crippen LogP) is 7.94. The first-order valence-corrected chi connectivity index (χ1v) is 10.3. The number of benzene rings is 4. The van der Waals surface area contributed by atoms with Crippen molar-refractivity contribution in [1.29, 1.82) is 0 Å². The highest BCUT2D eigenvalue weighted by atomic mass is 16.5. The van der Waals surface area contributed by atoms with E-state index in [9.17, 15) is 0 Å². The second-order valence-corrected chi connectivity index (χ2v) is 7.20. The molecule has 0 bridgehead atoms. The molecule has 4 aromatic rings.